The molecule has 0 aromatic heterocycles. The third-order valence-electron chi connectivity index (χ3n) is 12.5. The number of carbonyl (C=O) groups is 3. The van der Waals surface area contributed by atoms with Gasteiger partial charge in [0.1, 0.15) is 13.2 Å². The highest BCUT2D eigenvalue weighted by Crippen LogP contribution is 2.14. The van der Waals surface area contributed by atoms with Crippen LogP contribution in [-0.2, 0) is 28.6 Å². The highest BCUT2D eigenvalue weighted by atomic mass is 16.6. The summed E-state index contributed by atoms with van der Waals surface area (Å²) in [5, 5.41) is 0. The lowest BCUT2D eigenvalue weighted by atomic mass is 10.1. The predicted octanol–water partition coefficient (Wildman–Crippen LogP) is 20.3. The summed E-state index contributed by atoms with van der Waals surface area (Å²) in [5.41, 5.74) is 0. The fraction of sp³-hybridized carbons (Fsp3) is 0.682. The van der Waals surface area contributed by atoms with Gasteiger partial charge in [-0.05, 0) is 128 Å². The number of rotatable bonds is 53. The molecule has 1 atom stereocenters. The molecule has 0 spiro atoms. The predicted molar refractivity (Wildman–Crippen MR) is 311 cm³/mol. The van der Waals surface area contributed by atoms with E-state index in [4.69, 9.17) is 14.2 Å². The average Bonchev–Trinajstić information content (AvgIpc) is 3.38. The van der Waals surface area contributed by atoms with Crippen molar-refractivity contribution in [3.05, 3.63) is 109 Å². The van der Waals surface area contributed by atoms with Crippen molar-refractivity contribution < 1.29 is 28.6 Å². The van der Waals surface area contributed by atoms with Crippen molar-refractivity contribution in [1.29, 1.82) is 0 Å². The normalized spacial score (nSPS) is 12.9. The van der Waals surface area contributed by atoms with Crippen LogP contribution in [0.25, 0.3) is 0 Å². The molecule has 6 heteroatoms. The van der Waals surface area contributed by atoms with Crippen LogP contribution in [0.2, 0.25) is 0 Å². The molecule has 0 rings (SSSR count). The summed E-state index contributed by atoms with van der Waals surface area (Å²) < 4.78 is 16.9. The van der Waals surface area contributed by atoms with E-state index in [1.54, 1.807) is 0 Å². The number of carbonyl (C=O) groups excluding carboxylic acids is 3. The van der Waals surface area contributed by atoms with Crippen molar-refractivity contribution in [2.75, 3.05) is 13.2 Å². The zero-order chi connectivity index (χ0) is 52.2. The van der Waals surface area contributed by atoms with Crippen LogP contribution in [0.1, 0.15) is 271 Å². The lowest BCUT2D eigenvalue weighted by Crippen LogP contribution is -2.30. The van der Waals surface area contributed by atoms with Crippen LogP contribution < -0.4 is 0 Å². The number of hydrogen-bond donors (Lipinski definition) is 0. The topological polar surface area (TPSA) is 78.9 Å². The van der Waals surface area contributed by atoms with E-state index >= 15 is 0 Å². The Morgan fingerprint density at radius 3 is 0.889 bits per heavy atom. The van der Waals surface area contributed by atoms with Crippen LogP contribution in [-0.4, -0.2) is 37.2 Å². The van der Waals surface area contributed by atoms with E-state index in [0.717, 1.165) is 148 Å². The minimum atomic E-state index is -0.799. The van der Waals surface area contributed by atoms with Gasteiger partial charge in [-0.1, -0.05) is 233 Å². The van der Waals surface area contributed by atoms with Crippen molar-refractivity contribution in [2.24, 2.45) is 0 Å². The Labute approximate surface area is 444 Å². The summed E-state index contributed by atoms with van der Waals surface area (Å²) in [4.78, 5) is 38.2. The molecule has 0 amide bonds. The molecule has 0 N–H and O–H groups in total. The van der Waals surface area contributed by atoms with E-state index in [0.29, 0.717) is 19.3 Å². The summed E-state index contributed by atoms with van der Waals surface area (Å²) in [7, 11) is 0. The largest absolute Gasteiger partial charge is 0.462 e. The van der Waals surface area contributed by atoms with E-state index in [1.165, 1.54) is 83.5 Å². The van der Waals surface area contributed by atoms with E-state index in [9.17, 15) is 14.4 Å². The van der Waals surface area contributed by atoms with Gasteiger partial charge in [0.2, 0.25) is 0 Å². The fourth-order valence-corrected chi connectivity index (χ4v) is 8.00. The summed E-state index contributed by atoms with van der Waals surface area (Å²) in [6.07, 6.45) is 80.8. The van der Waals surface area contributed by atoms with E-state index in [1.807, 2.05) is 0 Å². The van der Waals surface area contributed by atoms with Gasteiger partial charge in [-0.15, -0.1) is 0 Å². The number of hydrogen-bond acceptors (Lipinski definition) is 6. The van der Waals surface area contributed by atoms with Crippen molar-refractivity contribution in [3.8, 4) is 0 Å². The lowest BCUT2D eigenvalue weighted by Gasteiger charge is -2.18. The van der Waals surface area contributed by atoms with Gasteiger partial charge in [-0.2, -0.15) is 0 Å². The quantitative estimate of drug-likeness (QED) is 0.0261. The monoisotopic (exact) mass is 999 g/mol. The number of unbranched alkanes of at least 4 members (excludes halogenated alkanes) is 24. The Hall–Kier alpha value is -3.93. The van der Waals surface area contributed by atoms with Crippen LogP contribution in [0.3, 0.4) is 0 Å². The van der Waals surface area contributed by atoms with E-state index in [-0.39, 0.29) is 31.1 Å². The Morgan fingerprint density at radius 2 is 0.542 bits per heavy atom. The Morgan fingerprint density at radius 1 is 0.292 bits per heavy atom. The highest BCUT2D eigenvalue weighted by molar-refractivity contribution is 5.71. The van der Waals surface area contributed by atoms with Crippen LogP contribution in [0.15, 0.2) is 109 Å². The lowest BCUT2D eigenvalue weighted by molar-refractivity contribution is -0.167. The van der Waals surface area contributed by atoms with Crippen LogP contribution >= 0.6 is 0 Å². The molecule has 410 valence electrons. The molecule has 0 fully saturated rings. The van der Waals surface area contributed by atoms with Gasteiger partial charge in [0.05, 0.1) is 0 Å². The zero-order valence-corrected chi connectivity index (χ0v) is 46.9. The Balaban J connectivity index is 4.43. The summed E-state index contributed by atoms with van der Waals surface area (Å²) in [6.45, 7) is 6.46. The first-order valence-electron chi connectivity index (χ1n) is 29.9. The third kappa shape index (κ3) is 57.0. The molecule has 0 aliphatic carbocycles. The second-order valence-electron chi connectivity index (χ2n) is 19.5. The molecule has 0 bridgehead atoms. The summed E-state index contributed by atoms with van der Waals surface area (Å²) in [5.74, 6) is -0.934. The average molecular weight is 1000 g/mol. The molecule has 0 aromatic rings. The zero-order valence-electron chi connectivity index (χ0n) is 46.9. The van der Waals surface area contributed by atoms with Crippen molar-refractivity contribution in [1.82, 2.24) is 0 Å². The van der Waals surface area contributed by atoms with Crippen LogP contribution in [0, 0.1) is 0 Å². The van der Waals surface area contributed by atoms with Crippen molar-refractivity contribution in [3.63, 3.8) is 0 Å². The maximum atomic E-state index is 12.9. The minimum Gasteiger partial charge on any atom is -0.462 e. The first kappa shape index (κ1) is 68.1. The molecule has 0 aliphatic heterocycles. The standard InChI is InChI=1S/C66H110O6/c1-4-7-10-13-16-19-22-25-27-29-31-33-35-37-39-41-44-47-50-53-56-59-65(68)71-62-63(61-70-64(67)58-55-52-49-46-43-24-21-18-15-12-9-6-3)72-66(69)60-57-54-51-48-45-42-40-38-36-34-32-30-28-26-23-20-17-14-11-8-5-2/h7,10,16,18-19,21,23,25-27,30-33,36-39,63H,4-6,8-9,11-15,17,20,22,24,28-29,34-35,40-62H2,1-3H3/b10-7-,19-16-,21-18-,26-23-,27-25-,32-30-,33-31-,38-36-,39-37-. The first-order valence-corrected chi connectivity index (χ1v) is 29.9. The van der Waals surface area contributed by atoms with Gasteiger partial charge >= 0.3 is 17.9 Å². The maximum Gasteiger partial charge on any atom is 0.306 e. The molecule has 0 saturated carbocycles. The van der Waals surface area contributed by atoms with Crippen molar-refractivity contribution >= 4 is 17.9 Å². The molecule has 1 unspecified atom stereocenters. The number of ether oxygens (including phenoxy) is 3. The van der Waals surface area contributed by atoms with Crippen molar-refractivity contribution in [2.45, 2.75) is 277 Å². The van der Waals surface area contributed by atoms with Crippen LogP contribution in [0.5, 0.6) is 0 Å². The molecule has 0 aliphatic rings. The molecule has 6 nitrogen and oxygen atoms in total. The molecule has 72 heavy (non-hydrogen) atoms. The Kier molecular flexibility index (Phi) is 56.4. The van der Waals surface area contributed by atoms with E-state index in [2.05, 4.69) is 130 Å². The maximum absolute atomic E-state index is 12.9. The van der Waals surface area contributed by atoms with Gasteiger partial charge in [-0.3, -0.25) is 14.4 Å². The van der Waals surface area contributed by atoms with E-state index < -0.39 is 6.10 Å². The summed E-state index contributed by atoms with van der Waals surface area (Å²) >= 11 is 0. The second kappa shape index (κ2) is 59.6. The highest BCUT2D eigenvalue weighted by Gasteiger charge is 2.19. The number of esters is 3. The second-order valence-corrected chi connectivity index (χ2v) is 19.5. The SMILES string of the molecule is CC/C=C\C/C=C\C/C=C\C/C=C\C/C=C\CCCCCCCC(=O)OCC(COC(=O)CCCCCCC/C=C\CCCCC)OC(=O)CCCCCCCC/C=C\C/C=C\C/C=C\CCCCCCC. The molecular formula is C66H110O6. The molecule has 0 aromatic carbocycles. The molecular weight excluding hydrogens is 889 g/mol. The molecule has 0 radical (unpaired) electrons. The van der Waals surface area contributed by atoms with Gasteiger partial charge in [0, 0.05) is 19.3 Å². The number of allylic oxidation sites excluding steroid dienone is 18. The van der Waals surface area contributed by atoms with Crippen LogP contribution in [0.4, 0.5) is 0 Å². The van der Waals surface area contributed by atoms with Gasteiger partial charge in [0.25, 0.3) is 0 Å². The van der Waals surface area contributed by atoms with Gasteiger partial charge in [0.15, 0.2) is 6.10 Å². The minimum absolute atomic E-state index is 0.0955. The smallest absolute Gasteiger partial charge is 0.306 e. The molecule has 0 heterocycles. The third-order valence-corrected chi connectivity index (χ3v) is 12.5. The van der Waals surface area contributed by atoms with Gasteiger partial charge in [-0.25, -0.2) is 0 Å². The Bertz CT molecular complexity index is 1470. The molecule has 0 saturated heterocycles. The van der Waals surface area contributed by atoms with Gasteiger partial charge < -0.3 is 14.2 Å². The summed E-state index contributed by atoms with van der Waals surface area (Å²) in [6, 6.07) is 0. The fourth-order valence-electron chi connectivity index (χ4n) is 8.00. The first-order chi connectivity index (χ1) is 35.5.